The minimum Gasteiger partial charge on any atom is -0.378 e. The number of hydrogen-bond donors (Lipinski definition) is 1. The molecule has 0 spiro atoms. The summed E-state index contributed by atoms with van der Waals surface area (Å²) in [7, 11) is 0. The van der Waals surface area contributed by atoms with Gasteiger partial charge in [0.2, 0.25) is 5.91 Å². The third-order valence-electron chi connectivity index (χ3n) is 4.24. The SMILES string of the molecule is Cc1cc(N2CCOCC2)nc(C)c1NC(=O)Cc1cccc(F)c1. The van der Waals surface area contributed by atoms with Gasteiger partial charge in [-0.05, 0) is 43.2 Å². The molecular weight excluding hydrogens is 321 g/mol. The van der Waals surface area contributed by atoms with E-state index in [2.05, 4.69) is 15.2 Å². The zero-order valence-electron chi connectivity index (χ0n) is 14.5. The van der Waals surface area contributed by atoms with Crippen molar-refractivity contribution in [3.05, 3.63) is 53.0 Å². The first-order valence-electron chi connectivity index (χ1n) is 8.38. The zero-order valence-corrected chi connectivity index (χ0v) is 14.5. The number of carbonyl (C=O) groups is 1. The van der Waals surface area contributed by atoms with Crippen LogP contribution in [0.15, 0.2) is 30.3 Å². The highest BCUT2D eigenvalue weighted by atomic mass is 19.1. The van der Waals surface area contributed by atoms with E-state index in [0.29, 0.717) is 18.8 Å². The van der Waals surface area contributed by atoms with Crippen LogP contribution in [0.3, 0.4) is 0 Å². The number of benzene rings is 1. The molecule has 2 aromatic rings. The van der Waals surface area contributed by atoms with Gasteiger partial charge in [-0.15, -0.1) is 0 Å². The number of rotatable bonds is 4. The lowest BCUT2D eigenvalue weighted by Crippen LogP contribution is -2.37. The maximum atomic E-state index is 13.2. The van der Waals surface area contributed by atoms with E-state index in [4.69, 9.17) is 4.74 Å². The molecule has 0 atom stereocenters. The van der Waals surface area contributed by atoms with Gasteiger partial charge in [0, 0.05) is 13.1 Å². The number of aromatic nitrogens is 1. The van der Waals surface area contributed by atoms with Crippen molar-refractivity contribution in [3.63, 3.8) is 0 Å². The van der Waals surface area contributed by atoms with Crippen LogP contribution in [-0.4, -0.2) is 37.2 Å². The highest BCUT2D eigenvalue weighted by molar-refractivity contribution is 5.93. The van der Waals surface area contributed by atoms with E-state index in [-0.39, 0.29) is 18.1 Å². The number of halogens is 1. The highest BCUT2D eigenvalue weighted by Crippen LogP contribution is 2.24. The van der Waals surface area contributed by atoms with Crippen LogP contribution in [-0.2, 0) is 16.0 Å². The monoisotopic (exact) mass is 343 g/mol. The van der Waals surface area contributed by atoms with Gasteiger partial charge < -0.3 is 15.0 Å². The summed E-state index contributed by atoms with van der Waals surface area (Å²) in [5.41, 5.74) is 3.10. The van der Waals surface area contributed by atoms with Gasteiger partial charge in [0.25, 0.3) is 0 Å². The maximum Gasteiger partial charge on any atom is 0.228 e. The third kappa shape index (κ3) is 4.33. The molecule has 1 aliphatic rings. The lowest BCUT2D eigenvalue weighted by molar-refractivity contribution is -0.115. The van der Waals surface area contributed by atoms with Crippen LogP contribution in [0.1, 0.15) is 16.8 Å². The molecule has 1 N–H and O–H groups in total. The van der Waals surface area contributed by atoms with Crippen LogP contribution < -0.4 is 10.2 Å². The summed E-state index contributed by atoms with van der Waals surface area (Å²) in [5, 5.41) is 2.91. The Labute approximate surface area is 146 Å². The summed E-state index contributed by atoms with van der Waals surface area (Å²) < 4.78 is 18.6. The molecule has 1 saturated heterocycles. The van der Waals surface area contributed by atoms with Gasteiger partial charge in [-0.1, -0.05) is 12.1 Å². The molecule has 132 valence electrons. The maximum absolute atomic E-state index is 13.2. The third-order valence-corrected chi connectivity index (χ3v) is 4.24. The molecule has 5 nitrogen and oxygen atoms in total. The van der Waals surface area contributed by atoms with Crippen molar-refractivity contribution in [1.29, 1.82) is 0 Å². The first kappa shape index (κ1) is 17.4. The predicted octanol–water partition coefficient (Wildman–Crippen LogP) is 2.86. The number of nitrogens with one attached hydrogen (secondary N) is 1. The first-order valence-corrected chi connectivity index (χ1v) is 8.38. The Bertz CT molecular complexity index is 750. The predicted molar refractivity (Wildman–Crippen MR) is 95.5 cm³/mol. The van der Waals surface area contributed by atoms with E-state index < -0.39 is 0 Å². The second-order valence-corrected chi connectivity index (χ2v) is 6.21. The standard InChI is InChI=1S/C19H22FN3O2/c1-13-10-17(23-6-8-25-9-7-23)21-14(2)19(13)22-18(24)12-15-4-3-5-16(20)11-15/h3-5,10-11H,6-9,12H2,1-2H3,(H,22,24). The number of carbonyl (C=O) groups excluding carboxylic acids is 1. The van der Waals surface area contributed by atoms with Crippen molar-refractivity contribution in [2.24, 2.45) is 0 Å². The van der Waals surface area contributed by atoms with Crippen LogP contribution in [0, 0.1) is 19.7 Å². The number of pyridine rings is 1. The van der Waals surface area contributed by atoms with Gasteiger partial charge in [-0.2, -0.15) is 0 Å². The Kier molecular flexibility index (Phi) is 5.28. The number of aryl methyl sites for hydroxylation is 2. The normalized spacial score (nSPS) is 14.4. The molecule has 25 heavy (non-hydrogen) atoms. The molecule has 1 aliphatic heterocycles. The quantitative estimate of drug-likeness (QED) is 0.927. The van der Waals surface area contributed by atoms with Gasteiger partial charge in [-0.3, -0.25) is 4.79 Å². The molecule has 1 aromatic heterocycles. The summed E-state index contributed by atoms with van der Waals surface area (Å²) in [5.74, 6) is 0.383. The largest absolute Gasteiger partial charge is 0.378 e. The average molecular weight is 343 g/mol. The van der Waals surface area contributed by atoms with Crippen molar-refractivity contribution in [1.82, 2.24) is 4.98 Å². The molecular formula is C19H22FN3O2. The van der Waals surface area contributed by atoms with E-state index >= 15 is 0 Å². The summed E-state index contributed by atoms with van der Waals surface area (Å²) in [6, 6.07) is 8.06. The molecule has 1 amide bonds. The van der Waals surface area contributed by atoms with Gasteiger partial charge >= 0.3 is 0 Å². The van der Waals surface area contributed by atoms with Crippen LogP contribution >= 0.6 is 0 Å². The number of nitrogens with zero attached hydrogens (tertiary/aromatic N) is 2. The van der Waals surface area contributed by atoms with Crippen molar-refractivity contribution in [2.75, 3.05) is 36.5 Å². The van der Waals surface area contributed by atoms with E-state index in [1.54, 1.807) is 12.1 Å². The average Bonchev–Trinajstić information content (AvgIpc) is 2.59. The topological polar surface area (TPSA) is 54.5 Å². The lowest BCUT2D eigenvalue weighted by atomic mass is 10.1. The van der Waals surface area contributed by atoms with Crippen LogP contribution in [0.5, 0.6) is 0 Å². The zero-order chi connectivity index (χ0) is 17.8. The molecule has 0 aliphatic carbocycles. The van der Waals surface area contributed by atoms with Gasteiger partial charge in [-0.25, -0.2) is 9.37 Å². The Morgan fingerprint density at radius 2 is 2.04 bits per heavy atom. The summed E-state index contributed by atoms with van der Waals surface area (Å²) in [6.45, 7) is 6.87. The summed E-state index contributed by atoms with van der Waals surface area (Å²) >= 11 is 0. The highest BCUT2D eigenvalue weighted by Gasteiger charge is 2.16. The van der Waals surface area contributed by atoms with Crippen molar-refractivity contribution >= 4 is 17.4 Å². The second-order valence-electron chi connectivity index (χ2n) is 6.21. The Morgan fingerprint density at radius 1 is 1.28 bits per heavy atom. The minimum absolute atomic E-state index is 0.127. The minimum atomic E-state index is -0.339. The Balaban J connectivity index is 1.72. The molecule has 0 unspecified atom stereocenters. The lowest BCUT2D eigenvalue weighted by Gasteiger charge is -2.28. The second kappa shape index (κ2) is 7.61. The molecule has 0 saturated carbocycles. The summed E-state index contributed by atoms with van der Waals surface area (Å²) in [6.07, 6.45) is 0.127. The summed E-state index contributed by atoms with van der Waals surface area (Å²) in [4.78, 5) is 19.1. The molecule has 6 heteroatoms. The first-order chi connectivity index (χ1) is 12.0. The van der Waals surface area contributed by atoms with E-state index in [1.807, 2.05) is 19.9 Å². The number of anilines is 2. The van der Waals surface area contributed by atoms with E-state index in [9.17, 15) is 9.18 Å². The van der Waals surface area contributed by atoms with Crippen LogP contribution in [0.4, 0.5) is 15.9 Å². The van der Waals surface area contributed by atoms with Crippen LogP contribution in [0.2, 0.25) is 0 Å². The number of amides is 1. The number of ether oxygens (including phenoxy) is 1. The van der Waals surface area contributed by atoms with Gasteiger partial charge in [0.1, 0.15) is 11.6 Å². The number of morpholine rings is 1. The van der Waals surface area contributed by atoms with Crippen LogP contribution in [0.25, 0.3) is 0 Å². The van der Waals surface area contributed by atoms with Crippen molar-refractivity contribution in [3.8, 4) is 0 Å². The molecule has 1 aromatic carbocycles. The van der Waals surface area contributed by atoms with Gasteiger partial charge in [0.05, 0.1) is 31.0 Å². The van der Waals surface area contributed by atoms with Crippen molar-refractivity contribution in [2.45, 2.75) is 20.3 Å². The Morgan fingerprint density at radius 3 is 2.72 bits per heavy atom. The molecule has 1 fully saturated rings. The fourth-order valence-corrected chi connectivity index (χ4v) is 2.97. The molecule has 3 rings (SSSR count). The van der Waals surface area contributed by atoms with E-state index in [0.717, 1.165) is 35.9 Å². The molecule has 0 radical (unpaired) electrons. The van der Waals surface area contributed by atoms with Gasteiger partial charge in [0.15, 0.2) is 0 Å². The fraction of sp³-hybridized carbons (Fsp3) is 0.368. The Hall–Kier alpha value is -2.47. The fourth-order valence-electron chi connectivity index (χ4n) is 2.97. The number of hydrogen-bond acceptors (Lipinski definition) is 4. The van der Waals surface area contributed by atoms with E-state index in [1.165, 1.54) is 12.1 Å². The van der Waals surface area contributed by atoms with Crippen molar-refractivity contribution < 1.29 is 13.9 Å². The smallest absolute Gasteiger partial charge is 0.228 e. The molecule has 2 heterocycles. The molecule has 0 bridgehead atoms.